The predicted octanol–water partition coefficient (Wildman–Crippen LogP) is 3.96. The number of hydrogen-bond donors (Lipinski definition) is 1. The molecule has 0 radical (unpaired) electrons. The fraction of sp³-hybridized carbons (Fsp3) is 0.222. The molecule has 1 aliphatic heterocycles. The predicted molar refractivity (Wildman–Crippen MR) is 95.5 cm³/mol. The Labute approximate surface area is 161 Å². The Balaban J connectivity index is 2.05. The Morgan fingerprint density at radius 2 is 1.85 bits per heavy atom. The first-order valence-electron chi connectivity index (χ1n) is 7.77. The van der Waals surface area contributed by atoms with Crippen LogP contribution in [0.3, 0.4) is 0 Å². The van der Waals surface area contributed by atoms with Crippen molar-refractivity contribution in [2.75, 3.05) is 7.11 Å². The number of carbonyl (C=O) groups excluding carboxylic acids is 1. The van der Waals surface area contributed by atoms with E-state index in [9.17, 15) is 23.1 Å². The van der Waals surface area contributed by atoms with Gasteiger partial charge in [-0.1, -0.05) is 12.1 Å². The third-order valence-electron chi connectivity index (χ3n) is 4.16. The van der Waals surface area contributed by atoms with Gasteiger partial charge >= 0.3 is 6.18 Å². The topological polar surface area (TPSA) is 62.1 Å². The van der Waals surface area contributed by atoms with Crippen LogP contribution in [0.4, 0.5) is 13.2 Å². The van der Waals surface area contributed by atoms with Gasteiger partial charge in [0.1, 0.15) is 5.75 Å². The largest absolute Gasteiger partial charge is 0.497 e. The van der Waals surface area contributed by atoms with Gasteiger partial charge in [0, 0.05) is 4.47 Å². The highest BCUT2D eigenvalue weighted by atomic mass is 79.9. The lowest BCUT2D eigenvalue weighted by Gasteiger charge is -2.32. The number of aliphatic hydroxyl groups is 1. The Morgan fingerprint density at radius 3 is 2.41 bits per heavy atom. The Hall–Kier alpha value is -2.39. The molecule has 0 fully saturated rings. The van der Waals surface area contributed by atoms with Gasteiger partial charge in [-0.25, -0.2) is 0 Å². The summed E-state index contributed by atoms with van der Waals surface area (Å²) < 4.78 is 46.2. The molecule has 9 heteroatoms. The highest BCUT2D eigenvalue weighted by Crippen LogP contribution is 2.42. The van der Waals surface area contributed by atoms with E-state index in [-0.39, 0.29) is 16.3 Å². The van der Waals surface area contributed by atoms with Gasteiger partial charge in [0.05, 0.1) is 24.8 Å². The second-order valence-corrected chi connectivity index (χ2v) is 6.72. The number of methoxy groups -OCH3 is 1. The molecule has 142 valence electrons. The zero-order chi connectivity index (χ0) is 19.8. The Bertz CT molecular complexity index is 899. The average molecular weight is 443 g/mol. The van der Waals surface area contributed by atoms with Crippen LogP contribution in [-0.4, -0.2) is 40.7 Å². The third-order valence-corrected chi connectivity index (χ3v) is 4.85. The van der Waals surface area contributed by atoms with Crippen LogP contribution in [-0.2, 0) is 0 Å². The molecule has 1 amide bonds. The molecular formula is C18H14BrF3N2O3. The Kier molecular flexibility index (Phi) is 5.00. The lowest BCUT2D eigenvalue weighted by molar-refractivity contribution is -0.297. The van der Waals surface area contributed by atoms with Crippen molar-refractivity contribution >= 4 is 27.5 Å². The summed E-state index contributed by atoms with van der Waals surface area (Å²) in [6, 6.07) is 12.1. The fourth-order valence-corrected chi connectivity index (χ4v) is 3.13. The minimum Gasteiger partial charge on any atom is -0.497 e. The lowest BCUT2D eigenvalue weighted by atomic mass is 10.0. The molecule has 1 atom stereocenters. The van der Waals surface area contributed by atoms with E-state index in [0.717, 1.165) is 0 Å². The summed E-state index contributed by atoms with van der Waals surface area (Å²) in [6.07, 6.45) is -5.97. The molecule has 0 aliphatic carbocycles. The highest BCUT2D eigenvalue weighted by molar-refractivity contribution is 9.10. The number of halogens is 4. The standard InChI is InChI=1S/C18H14BrF3N2O3/c1-27-12-8-6-11(7-9-12)15-10-17(26,18(20,21)22)24(23-15)16(25)13-4-2-3-5-14(13)19/h2-9,26H,10H2,1H3/t17-/m1/s1. The van der Waals surface area contributed by atoms with Crippen LogP contribution in [0.1, 0.15) is 22.3 Å². The molecule has 2 aromatic rings. The molecule has 1 aliphatic rings. The fourth-order valence-electron chi connectivity index (χ4n) is 2.67. The first-order valence-corrected chi connectivity index (χ1v) is 8.57. The van der Waals surface area contributed by atoms with Gasteiger partial charge in [0.15, 0.2) is 0 Å². The molecule has 0 saturated carbocycles. The monoisotopic (exact) mass is 442 g/mol. The summed E-state index contributed by atoms with van der Waals surface area (Å²) in [5.41, 5.74) is -3.19. The summed E-state index contributed by atoms with van der Waals surface area (Å²) in [7, 11) is 1.46. The van der Waals surface area contributed by atoms with Crippen molar-refractivity contribution in [2.24, 2.45) is 5.10 Å². The molecule has 0 saturated heterocycles. The van der Waals surface area contributed by atoms with E-state index < -0.39 is 24.2 Å². The summed E-state index contributed by atoms with van der Waals surface area (Å²) >= 11 is 3.14. The van der Waals surface area contributed by atoms with Gasteiger partial charge in [-0.15, -0.1) is 0 Å². The van der Waals surface area contributed by atoms with Gasteiger partial charge in [-0.05, 0) is 57.9 Å². The number of carbonyl (C=O) groups is 1. The van der Waals surface area contributed by atoms with Crippen LogP contribution in [0, 0.1) is 0 Å². The molecule has 0 bridgehead atoms. The minimum atomic E-state index is -5.10. The van der Waals surface area contributed by atoms with Gasteiger partial charge < -0.3 is 9.84 Å². The van der Waals surface area contributed by atoms with Crippen molar-refractivity contribution in [3.63, 3.8) is 0 Å². The van der Waals surface area contributed by atoms with Crippen LogP contribution >= 0.6 is 15.9 Å². The minimum absolute atomic E-state index is 0.0418. The van der Waals surface area contributed by atoms with E-state index in [2.05, 4.69) is 21.0 Å². The third kappa shape index (κ3) is 3.44. The number of nitrogens with zero attached hydrogens (tertiary/aromatic N) is 2. The molecule has 0 spiro atoms. The summed E-state index contributed by atoms with van der Waals surface area (Å²) in [5.74, 6) is -0.546. The SMILES string of the molecule is COc1ccc(C2=NN(C(=O)c3ccccc3Br)[C@](O)(C(F)(F)F)C2)cc1. The van der Waals surface area contributed by atoms with Gasteiger partial charge in [0.25, 0.3) is 11.6 Å². The highest BCUT2D eigenvalue weighted by Gasteiger charge is 2.63. The van der Waals surface area contributed by atoms with E-state index in [1.165, 1.54) is 37.4 Å². The molecule has 3 rings (SSSR count). The van der Waals surface area contributed by atoms with Crippen molar-refractivity contribution < 1.29 is 27.8 Å². The first kappa shape index (κ1) is 19.4. The normalized spacial score (nSPS) is 19.8. The first-order chi connectivity index (χ1) is 12.7. The van der Waals surface area contributed by atoms with Crippen LogP contribution in [0.15, 0.2) is 58.1 Å². The molecule has 1 N–H and O–H groups in total. The average Bonchev–Trinajstić information content (AvgIpc) is 3.00. The van der Waals surface area contributed by atoms with Gasteiger partial charge in [0.2, 0.25) is 0 Å². The van der Waals surface area contributed by atoms with Gasteiger partial charge in [-0.2, -0.15) is 23.3 Å². The molecule has 5 nitrogen and oxygen atoms in total. The number of hydrazone groups is 1. The van der Waals surface area contributed by atoms with Crippen molar-refractivity contribution in [3.05, 3.63) is 64.1 Å². The van der Waals surface area contributed by atoms with E-state index in [1.54, 1.807) is 18.2 Å². The summed E-state index contributed by atoms with van der Waals surface area (Å²) in [6.45, 7) is 0. The Morgan fingerprint density at radius 1 is 1.22 bits per heavy atom. The summed E-state index contributed by atoms with van der Waals surface area (Å²) in [5, 5.41) is 14.3. The number of hydrogen-bond acceptors (Lipinski definition) is 4. The number of benzene rings is 2. The van der Waals surface area contributed by atoms with Crippen LogP contribution in [0.2, 0.25) is 0 Å². The number of ether oxygens (including phenoxy) is 1. The van der Waals surface area contributed by atoms with E-state index >= 15 is 0 Å². The number of amides is 1. The smallest absolute Gasteiger partial charge is 0.438 e. The van der Waals surface area contributed by atoms with Crippen LogP contribution in [0.5, 0.6) is 5.75 Å². The van der Waals surface area contributed by atoms with Crippen molar-refractivity contribution in [2.45, 2.75) is 18.3 Å². The summed E-state index contributed by atoms with van der Waals surface area (Å²) in [4.78, 5) is 12.7. The van der Waals surface area contributed by atoms with Crippen LogP contribution < -0.4 is 4.74 Å². The maximum absolute atomic E-state index is 13.6. The maximum atomic E-state index is 13.6. The van der Waals surface area contributed by atoms with Gasteiger partial charge in [-0.3, -0.25) is 4.79 Å². The molecule has 27 heavy (non-hydrogen) atoms. The molecule has 0 unspecified atom stereocenters. The quantitative estimate of drug-likeness (QED) is 0.782. The zero-order valence-electron chi connectivity index (χ0n) is 14.0. The molecular weight excluding hydrogens is 429 g/mol. The lowest BCUT2D eigenvalue weighted by Crippen LogP contribution is -2.56. The van der Waals surface area contributed by atoms with E-state index in [4.69, 9.17) is 4.74 Å². The second-order valence-electron chi connectivity index (χ2n) is 5.86. The molecule has 0 aromatic heterocycles. The maximum Gasteiger partial charge on any atom is 0.438 e. The van der Waals surface area contributed by atoms with Crippen molar-refractivity contribution in [3.8, 4) is 5.75 Å². The zero-order valence-corrected chi connectivity index (χ0v) is 15.6. The van der Waals surface area contributed by atoms with Crippen molar-refractivity contribution in [1.82, 2.24) is 5.01 Å². The second kappa shape index (κ2) is 6.97. The molecule has 1 heterocycles. The number of alkyl halides is 3. The van der Waals surface area contributed by atoms with E-state index in [0.29, 0.717) is 15.8 Å². The molecule has 2 aromatic carbocycles. The number of rotatable bonds is 3. The van der Waals surface area contributed by atoms with E-state index in [1.807, 2.05) is 0 Å². The van der Waals surface area contributed by atoms with Crippen LogP contribution in [0.25, 0.3) is 0 Å². The van der Waals surface area contributed by atoms with Crippen molar-refractivity contribution in [1.29, 1.82) is 0 Å².